The second-order valence-corrected chi connectivity index (χ2v) is 10.3. The van der Waals surface area contributed by atoms with Crippen LogP contribution in [0.3, 0.4) is 0 Å². The molecule has 1 fully saturated rings. The van der Waals surface area contributed by atoms with E-state index in [0.717, 1.165) is 51.3 Å². The summed E-state index contributed by atoms with van der Waals surface area (Å²) in [5, 5.41) is 3.93. The molecule has 2 aromatic heterocycles. The molecule has 0 bridgehead atoms. The average Bonchev–Trinajstić information content (AvgIpc) is 3.59. The molecule has 0 saturated carbocycles. The summed E-state index contributed by atoms with van der Waals surface area (Å²) in [6.07, 6.45) is 4.27. The summed E-state index contributed by atoms with van der Waals surface area (Å²) >= 11 is 1.55. The van der Waals surface area contributed by atoms with Gasteiger partial charge in [-0.2, -0.15) is 0 Å². The maximum Gasteiger partial charge on any atom is 0.250 e. The SMILES string of the molecule is CC[C@@H](C)C(=O)N[C@H](C(=O)N1CCC[C@H]1c1nc2c(-c3ccccc3)ccnc2s1)c1ccccc1. The number of benzene rings is 2. The molecule has 1 aliphatic heterocycles. The molecule has 6 nitrogen and oxygen atoms in total. The Balaban J connectivity index is 1.47. The second kappa shape index (κ2) is 10.6. The van der Waals surface area contributed by atoms with E-state index in [0.29, 0.717) is 6.54 Å². The van der Waals surface area contributed by atoms with E-state index in [4.69, 9.17) is 4.98 Å². The predicted octanol–water partition coefficient (Wildman–Crippen LogP) is 5.93. The van der Waals surface area contributed by atoms with Gasteiger partial charge in [-0.3, -0.25) is 9.59 Å². The van der Waals surface area contributed by atoms with Gasteiger partial charge in [0.1, 0.15) is 21.4 Å². The maximum absolute atomic E-state index is 14.0. The van der Waals surface area contributed by atoms with E-state index in [1.807, 2.05) is 79.5 Å². The molecule has 0 spiro atoms. The maximum atomic E-state index is 14.0. The molecule has 2 aromatic carbocycles. The van der Waals surface area contributed by atoms with Gasteiger partial charge in [0.15, 0.2) is 0 Å². The number of carbonyl (C=O) groups is 2. The predicted molar refractivity (Wildman–Crippen MR) is 143 cm³/mol. The summed E-state index contributed by atoms with van der Waals surface area (Å²) in [6, 6.07) is 20.8. The van der Waals surface area contributed by atoms with Crippen LogP contribution in [0.4, 0.5) is 0 Å². The molecule has 0 aliphatic carbocycles. The van der Waals surface area contributed by atoms with E-state index < -0.39 is 6.04 Å². The lowest BCUT2D eigenvalue weighted by molar-refractivity contribution is -0.138. The number of amides is 2. The van der Waals surface area contributed by atoms with Crippen LogP contribution in [0.2, 0.25) is 0 Å². The highest BCUT2D eigenvalue weighted by Crippen LogP contribution is 2.39. The third-order valence-corrected chi connectivity index (χ3v) is 8.01. The molecule has 4 aromatic rings. The minimum absolute atomic E-state index is 0.0872. The Hall–Kier alpha value is -3.58. The Morgan fingerprint density at radius 3 is 2.53 bits per heavy atom. The monoisotopic (exact) mass is 498 g/mol. The highest BCUT2D eigenvalue weighted by atomic mass is 32.1. The summed E-state index contributed by atoms with van der Waals surface area (Å²) in [5.41, 5.74) is 3.80. The largest absolute Gasteiger partial charge is 0.340 e. The second-order valence-electron chi connectivity index (χ2n) is 9.28. The van der Waals surface area contributed by atoms with Crippen LogP contribution in [0.15, 0.2) is 72.9 Å². The van der Waals surface area contributed by atoms with Crippen molar-refractivity contribution in [2.24, 2.45) is 5.92 Å². The van der Waals surface area contributed by atoms with Gasteiger partial charge in [0, 0.05) is 24.2 Å². The molecule has 3 atom stereocenters. The summed E-state index contributed by atoms with van der Waals surface area (Å²) in [7, 11) is 0. The molecule has 1 aliphatic rings. The van der Waals surface area contributed by atoms with Crippen LogP contribution in [0.5, 0.6) is 0 Å². The zero-order valence-electron chi connectivity index (χ0n) is 20.6. The van der Waals surface area contributed by atoms with Gasteiger partial charge in [0.25, 0.3) is 0 Å². The normalized spacial score (nSPS) is 17.2. The third kappa shape index (κ3) is 4.75. The van der Waals surface area contributed by atoms with Crippen molar-refractivity contribution in [3.8, 4) is 11.1 Å². The Morgan fingerprint density at radius 2 is 1.81 bits per heavy atom. The van der Waals surface area contributed by atoms with E-state index in [2.05, 4.69) is 22.4 Å². The number of thiazole rings is 1. The Kier molecular flexibility index (Phi) is 7.09. The fourth-order valence-electron chi connectivity index (χ4n) is 4.70. The van der Waals surface area contributed by atoms with Crippen LogP contribution < -0.4 is 5.32 Å². The lowest BCUT2D eigenvalue weighted by Crippen LogP contribution is -2.44. The minimum atomic E-state index is -0.722. The highest BCUT2D eigenvalue weighted by molar-refractivity contribution is 7.18. The van der Waals surface area contributed by atoms with Gasteiger partial charge in [-0.05, 0) is 36.5 Å². The number of hydrogen-bond donors (Lipinski definition) is 1. The first kappa shape index (κ1) is 24.1. The zero-order valence-corrected chi connectivity index (χ0v) is 21.4. The number of aromatic nitrogens is 2. The van der Waals surface area contributed by atoms with Gasteiger partial charge < -0.3 is 10.2 Å². The molecular weight excluding hydrogens is 468 g/mol. The van der Waals surface area contributed by atoms with E-state index in [1.54, 1.807) is 11.3 Å². The van der Waals surface area contributed by atoms with Gasteiger partial charge in [-0.1, -0.05) is 85.8 Å². The smallest absolute Gasteiger partial charge is 0.250 e. The molecule has 1 N–H and O–H groups in total. The van der Waals surface area contributed by atoms with Crippen LogP contribution in [-0.2, 0) is 9.59 Å². The van der Waals surface area contributed by atoms with Gasteiger partial charge in [-0.15, -0.1) is 0 Å². The number of pyridine rings is 1. The molecule has 2 amide bonds. The van der Waals surface area contributed by atoms with E-state index in [-0.39, 0.29) is 23.8 Å². The Bertz CT molecular complexity index is 1360. The summed E-state index contributed by atoms with van der Waals surface area (Å²) in [5.74, 6) is -0.354. The fourth-order valence-corrected chi connectivity index (χ4v) is 5.78. The summed E-state index contributed by atoms with van der Waals surface area (Å²) in [6.45, 7) is 4.50. The van der Waals surface area contributed by atoms with Gasteiger partial charge >= 0.3 is 0 Å². The van der Waals surface area contributed by atoms with Crippen LogP contribution in [0, 0.1) is 5.92 Å². The van der Waals surface area contributed by atoms with Crippen molar-refractivity contribution in [2.75, 3.05) is 6.54 Å². The van der Waals surface area contributed by atoms with Crippen molar-refractivity contribution in [3.63, 3.8) is 0 Å². The van der Waals surface area contributed by atoms with Gasteiger partial charge in [0.05, 0.1) is 6.04 Å². The van der Waals surface area contributed by atoms with Gasteiger partial charge in [-0.25, -0.2) is 9.97 Å². The number of nitrogens with one attached hydrogen (secondary N) is 1. The van der Waals surface area contributed by atoms with Crippen molar-refractivity contribution in [2.45, 2.75) is 45.2 Å². The van der Waals surface area contributed by atoms with E-state index >= 15 is 0 Å². The van der Waals surface area contributed by atoms with Crippen molar-refractivity contribution in [1.29, 1.82) is 0 Å². The van der Waals surface area contributed by atoms with Crippen LogP contribution in [0.25, 0.3) is 21.5 Å². The molecule has 0 unspecified atom stereocenters. The topological polar surface area (TPSA) is 75.2 Å². The van der Waals surface area contributed by atoms with Crippen molar-refractivity contribution < 1.29 is 9.59 Å². The first-order valence-corrected chi connectivity index (χ1v) is 13.3. The molecule has 1 saturated heterocycles. The molecule has 3 heterocycles. The first-order chi connectivity index (χ1) is 17.6. The van der Waals surface area contributed by atoms with Crippen molar-refractivity contribution >= 4 is 33.5 Å². The Morgan fingerprint density at radius 1 is 1.08 bits per heavy atom. The van der Waals surface area contributed by atoms with Crippen molar-refractivity contribution in [3.05, 3.63) is 83.5 Å². The number of rotatable bonds is 7. The lowest BCUT2D eigenvalue weighted by atomic mass is 10.0. The van der Waals surface area contributed by atoms with Crippen molar-refractivity contribution in [1.82, 2.24) is 20.2 Å². The van der Waals surface area contributed by atoms with Crippen LogP contribution in [-0.4, -0.2) is 33.2 Å². The van der Waals surface area contributed by atoms with E-state index in [9.17, 15) is 9.59 Å². The molecule has 184 valence electrons. The quantitative estimate of drug-likeness (QED) is 0.343. The lowest BCUT2D eigenvalue weighted by Gasteiger charge is -2.29. The van der Waals surface area contributed by atoms with Crippen LogP contribution >= 0.6 is 11.3 Å². The number of hydrogen-bond acceptors (Lipinski definition) is 5. The van der Waals surface area contributed by atoms with Gasteiger partial charge in [0.2, 0.25) is 11.8 Å². The highest BCUT2D eigenvalue weighted by Gasteiger charge is 2.37. The number of nitrogens with zero attached hydrogens (tertiary/aromatic N) is 3. The number of likely N-dealkylation sites (tertiary alicyclic amines) is 1. The molecular formula is C29H30N4O2S. The average molecular weight is 499 g/mol. The third-order valence-electron chi connectivity index (χ3n) is 6.95. The summed E-state index contributed by atoms with van der Waals surface area (Å²) in [4.78, 5) is 39.1. The first-order valence-electron chi connectivity index (χ1n) is 12.5. The fraction of sp³-hybridized carbons (Fsp3) is 0.310. The van der Waals surface area contributed by atoms with E-state index in [1.165, 1.54) is 0 Å². The van der Waals surface area contributed by atoms with Crippen LogP contribution in [0.1, 0.15) is 55.8 Å². The standard InChI is InChI=1S/C29H30N4O2S/c1-3-19(2)26(34)31-24(21-13-8-5-9-14-21)29(35)33-18-10-15-23(33)27-32-25-22(16-17-30-28(25)36-27)20-11-6-4-7-12-20/h4-9,11-14,16-17,19,23-24H,3,10,15,18H2,1-2H3,(H,31,34)/t19-,23+,24+/m1/s1. The Labute approximate surface area is 215 Å². The molecule has 0 radical (unpaired) electrons. The zero-order chi connectivity index (χ0) is 25.1. The number of carbonyl (C=O) groups excluding carboxylic acids is 2. The molecule has 5 rings (SSSR count). The summed E-state index contributed by atoms with van der Waals surface area (Å²) < 4.78 is 0. The molecule has 36 heavy (non-hydrogen) atoms. The minimum Gasteiger partial charge on any atom is -0.340 e. The molecule has 7 heteroatoms. The number of fused-ring (bicyclic) bond motifs is 1.